The van der Waals surface area contributed by atoms with Gasteiger partial charge in [-0.25, -0.2) is 8.42 Å². The first-order valence-electron chi connectivity index (χ1n) is 4.85. The van der Waals surface area contributed by atoms with Crippen molar-refractivity contribution < 1.29 is 8.42 Å². The van der Waals surface area contributed by atoms with Gasteiger partial charge in [-0.1, -0.05) is 23.2 Å². The van der Waals surface area contributed by atoms with Crippen molar-refractivity contribution in [1.82, 2.24) is 0 Å². The molecule has 0 N–H and O–H groups in total. The first-order chi connectivity index (χ1) is 8.00. The second kappa shape index (κ2) is 3.48. The van der Waals surface area contributed by atoms with Crippen LogP contribution in [0.2, 0.25) is 10.0 Å². The lowest BCUT2D eigenvalue weighted by Gasteiger charge is -1.99. The molecule has 0 fully saturated rings. The average Bonchev–Trinajstić information content (AvgIpc) is 2.47. The molecule has 0 aliphatic carbocycles. The average molecular weight is 285 g/mol. The van der Waals surface area contributed by atoms with Crippen LogP contribution in [0.1, 0.15) is 0 Å². The van der Waals surface area contributed by atoms with E-state index in [-0.39, 0.29) is 0 Å². The molecule has 1 aliphatic rings. The Bertz CT molecular complexity index is 679. The maximum absolute atomic E-state index is 12.2. The van der Waals surface area contributed by atoms with E-state index in [0.29, 0.717) is 31.0 Å². The number of fused-ring (bicyclic) bond motifs is 3. The summed E-state index contributed by atoms with van der Waals surface area (Å²) in [7, 11) is -3.42. The summed E-state index contributed by atoms with van der Waals surface area (Å²) in [5.74, 6) is 0. The monoisotopic (exact) mass is 284 g/mol. The summed E-state index contributed by atoms with van der Waals surface area (Å²) in [5.41, 5.74) is 1.24. The highest BCUT2D eigenvalue weighted by Gasteiger charge is 2.32. The molecule has 0 radical (unpaired) electrons. The van der Waals surface area contributed by atoms with Crippen molar-refractivity contribution in [1.29, 1.82) is 0 Å². The van der Waals surface area contributed by atoms with E-state index in [4.69, 9.17) is 23.2 Å². The van der Waals surface area contributed by atoms with Crippen LogP contribution in [0.5, 0.6) is 0 Å². The molecule has 3 rings (SSSR count). The van der Waals surface area contributed by atoms with E-state index in [2.05, 4.69) is 0 Å². The molecule has 5 heteroatoms. The van der Waals surface area contributed by atoms with Crippen molar-refractivity contribution in [3.8, 4) is 11.1 Å². The van der Waals surface area contributed by atoms with E-state index in [1.807, 2.05) is 0 Å². The fourth-order valence-electron chi connectivity index (χ4n) is 2.01. The SMILES string of the molecule is O=S1(=O)c2ccc(Cl)cc2-c2cc(Cl)ccc21. The third kappa shape index (κ3) is 1.50. The van der Waals surface area contributed by atoms with Crippen LogP contribution in [0, 0.1) is 0 Å². The zero-order valence-electron chi connectivity index (χ0n) is 8.44. The molecule has 0 bridgehead atoms. The molecular weight excluding hydrogens is 279 g/mol. The first kappa shape index (κ1) is 11.1. The fourth-order valence-corrected chi connectivity index (χ4v) is 4.00. The minimum Gasteiger partial charge on any atom is -0.218 e. The maximum Gasteiger partial charge on any atom is 0.207 e. The topological polar surface area (TPSA) is 34.1 Å². The van der Waals surface area contributed by atoms with Gasteiger partial charge in [0.2, 0.25) is 9.84 Å². The van der Waals surface area contributed by atoms with Crippen molar-refractivity contribution in [3.63, 3.8) is 0 Å². The number of benzene rings is 2. The molecule has 2 aromatic carbocycles. The van der Waals surface area contributed by atoms with Gasteiger partial charge in [0.15, 0.2) is 0 Å². The Hall–Kier alpha value is -1.03. The summed E-state index contributed by atoms with van der Waals surface area (Å²) in [6, 6.07) is 9.51. The van der Waals surface area contributed by atoms with E-state index < -0.39 is 9.84 Å². The number of rotatable bonds is 0. The van der Waals surface area contributed by atoms with Crippen LogP contribution in [0.4, 0.5) is 0 Å². The molecule has 0 aromatic heterocycles. The molecule has 0 unspecified atom stereocenters. The van der Waals surface area contributed by atoms with E-state index in [9.17, 15) is 8.42 Å². The second-order valence-electron chi connectivity index (χ2n) is 3.78. The van der Waals surface area contributed by atoms with Crippen molar-refractivity contribution in [2.24, 2.45) is 0 Å². The highest BCUT2D eigenvalue weighted by molar-refractivity contribution is 7.92. The zero-order chi connectivity index (χ0) is 12.2. The van der Waals surface area contributed by atoms with Gasteiger partial charge in [-0.3, -0.25) is 0 Å². The van der Waals surface area contributed by atoms with Crippen LogP contribution >= 0.6 is 23.2 Å². The number of sulfone groups is 1. The number of hydrogen-bond donors (Lipinski definition) is 0. The Kier molecular flexibility index (Phi) is 2.27. The normalized spacial score (nSPS) is 15.4. The fraction of sp³-hybridized carbons (Fsp3) is 0. The summed E-state index contributed by atoms with van der Waals surface area (Å²) in [4.78, 5) is 0.582. The van der Waals surface area contributed by atoms with Gasteiger partial charge >= 0.3 is 0 Å². The molecular formula is C12H6Cl2O2S. The van der Waals surface area contributed by atoms with Crippen LogP contribution in [0.15, 0.2) is 46.2 Å². The number of hydrogen-bond acceptors (Lipinski definition) is 2. The van der Waals surface area contributed by atoms with Crippen LogP contribution in [-0.4, -0.2) is 8.42 Å². The van der Waals surface area contributed by atoms with E-state index in [1.54, 1.807) is 24.3 Å². The van der Waals surface area contributed by atoms with Gasteiger partial charge in [0.05, 0.1) is 9.79 Å². The van der Waals surface area contributed by atoms with Crippen molar-refractivity contribution in [2.45, 2.75) is 9.79 Å². The third-order valence-corrected chi connectivity index (χ3v) is 5.09. The van der Waals surface area contributed by atoms with Gasteiger partial charge in [-0.15, -0.1) is 0 Å². The minimum atomic E-state index is -3.42. The number of halogens is 2. The van der Waals surface area contributed by atoms with Gasteiger partial charge in [0.25, 0.3) is 0 Å². The second-order valence-corrected chi connectivity index (χ2v) is 6.54. The summed E-state index contributed by atoms with van der Waals surface area (Å²) in [6.45, 7) is 0. The highest BCUT2D eigenvalue weighted by Crippen LogP contribution is 2.44. The van der Waals surface area contributed by atoms with Crippen molar-refractivity contribution in [2.75, 3.05) is 0 Å². The quantitative estimate of drug-likeness (QED) is 0.629. The van der Waals surface area contributed by atoms with Gasteiger partial charge in [0, 0.05) is 21.2 Å². The summed E-state index contributed by atoms with van der Waals surface area (Å²) < 4.78 is 24.4. The van der Waals surface area contributed by atoms with Gasteiger partial charge in [0.1, 0.15) is 0 Å². The molecule has 0 atom stereocenters. The summed E-state index contributed by atoms with van der Waals surface area (Å²) in [5, 5.41) is 1.01. The Morgan fingerprint density at radius 2 is 1.18 bits per heavy atom. The maximum atomic E-state index is 12.2. The smallest absolute Gasteiger partial charge is 0.207 e. The molecule has 2 aromatic rings. The molecule has 2 nitrogen and oxygen atoms in total. The van der Waals surface area contributed by atoms with Gasteiger partial charge < -0.3 is 0 Å². The summed E-state index contributed by atoms with van der Waals surface area (Å²) in [6.07, 6.45) is 0. The molecule has 0 saturated heterocycles. The lowest BCUT2D eigenvalue weighted by molar-refractivity contribution is 0.598. The van der Waals surface area contributed by atoms with E-state index in [1.165, 1.54) is 12.1 Å². The highest BCUT2D eigenvalue weighted by atomic mass is 35.5. The first-order valence-corrected chi connectivity index (χ1v) is 7.08. The molecule has 17 heavy (non-hydrogen) atoms. The lowest BCUT2D eigenvalue weighted by atomic mass is 10.1. The van der Waals surface area contributed by atoms with Crippen LogP contribution in [-0.2, 0) is 9.84 Å². The predicted octanol–water partition coefficient (Wildman–Crippen LogP) is 3.81. The predicted molar refractivity (Wildman–Crippen MR) is 67.3 cm³/mol. The zero-order valence-corrected chi connectivity index (χ0v) is 10.8. The van der Waals surface area contributed by atoms with Crippen molar-refractivity contribution in [3.05, 3.63) is 46.4 Å². The molecule has 0 saturated carbocycles. The Labute approximate surface area is 109 Å². The minimum absolute atomic E-state index is 0.291. The van der Waals surface area contributed by atoms with Crippen molar-refractivity contribution >= 4 is 33.0 Å². The Morgan fingerprint density at radius 3 is 1.59 bits per heavy atom. The largest absolute Gasteiger partial charge is 0.218 e. The van der Waals surface area contributed by atoms with Crippen LogP contribution < -0.4 is 0 Å². The van der Waals surface area contributed by atoms with Crippen LogP contribution in [0.25, 0.3) is 11.1 Å². The van der Waals surface area contributed by atoms with Crippen LogP contribution in [0.3, 0.4) is 0 Å². The summed E-state index contributed by atoms with van der Waals surface area (Å²) >= 11 is 11.8. The van der Waals surface area contributed by atoms with E-state index in [0.717, 1.165) is 0 Å². The molecule has 0 amide bonds. The third-order valence-electron chi connectivity index (χ3n) is 2.75. The molecule has 86 valence electrons. The molecule has 1 heterocycles. The standard InChI is InChI=1S/C12H6Cl2O2S/c13-7-1-3-11-9(5-7)10-6-8(14)2-4-12(10)17(11,15)16/h1-6H. The molecule has 0 spiro atoms. The van der Waals surface area contributed by atoms with Gasteiger partial charge in [-0.2, -0.15) is 0 Å². The molecule has 1 aliphatic heterocycles. The van der Waals surface area contributed by atoms with Gasteiger partial charge in [-0.05, 0) is 36.4 Å². The Morgan fingerprint density at radius 1 is 0.765 bits per heavy atom. The lowest BCUT2D eigenvalue weighted by Crippen LogP contribution is -1.95. The Balaban J connectivity index is 2.48. The van der Waals surface area contributed by atoms with E-state index >= 15 is 0 Å².